The second-order valence-electron chi connectivity index (χ2n) is 13.3. The highest BCUT2D eigenvalue weighted by molar-refractivity contribution is 5.97. The quantitative estimate of drug-likeness (QED) is 0.122. The Morgan fingerprint density at radius 1 is 0.979 bits per heavy atom. The fraction of sp³-hybridized carbons (Fsp3) is 0.389. The Morgan fingerprint density at radius 3 is 2.32 bits per heavy atom. The van der Waals surface area contributed by atoms with Gasteiger partial charge in [0.1, 0.15) is 23.2 Å². The van der Waals surface area contributed by atoms with Gasteiger partial charge in [-0.3, -0.25) is 20.7 Å². The molecular formula is C36H49N9O2. The van der Waals surface area contributed by atoms with Gasteiger partial charge in [0, 0.05) is 43.0 Å². The SMILES string of the molecule is Cc1ccc(N/C(=C\C(=N)C(C)(C)C)NC(=O)N[C@H]2CC[C@@H](Oc3ccc(=N)n(C(=N)N(C)CCN(C)C)c3)c3ccccc32)cc1. The Bertz CT molecular complexity index is 1670. The predicted molar refractivity (Wildman–Crippen MR) is 188 cm³/mol. The van der Waals surface area contributed by atoms with E-state index in [2.05, 4.69) is 20.9 Å². The van der Waals surface area contributed by atoms with Gasteiger partial charge in [0.15, 0.2) is 0 Å². The number of carbonyl (C=O) groups is 1. The molecule has 1 aliphatic rings. The molecule has 0 radical (unpaired) electrons. The van der Waals surface area contributed by atoms with Crippen molar-refractivity contribution in [2.75, 3.05) is 39.5 Å². The van der Waals surface area contributed by atoms with Crippen LogP contribution in [-0.4, -0.2) is 66.3 Å². The summed E-state index contributed by atoms with van der Waals surface area (Å²) in [5, 5.41) is 34.9. The normalized spacial score (nSPS) is 16.2. The van der Waals surface area contributed by atoms with Gasteiger partial charge in [-0.1, -0.05) is 62.7 Å². The van der Waals surface area contributed by atoms with E-state index in [-0.39, 0.29) is 29.6 Å². The van der Waals surface area contributed by atoms with Crippen molar-refractivity contribution in [2.24, 2.45) is 5.41 Å². The molecule has 47 heavy (non-hydrogen) atoms. The first-order chi connectivity index (χ1) is 22.2. The van der Waals surface area contributed by atoms with E-state index in [1.54, 1.807) is 24.4 Å². The minimum absolute atomic E-state index is 0.196. The number of aryl methyl sites for hydroxylation is 1. The van der Waals surface area contributed by atoms with Crippen LogP contribution in [-0.2, 0) is 0 Å². The summed E-state index contributed by atoms with van der Waals surface area (Å²) in [7, 11) is 5.82. The molecule has 6 N–H and O–H groups in total. The molecule has 250 valence electrons. The summed E-state index contributed by atoms with van der Waals surface area (Å²) in [6.45, 7) is 9.34. The van der Waals surface area contributed by atoms with E-state index >= 15 is 0 Å². The van der Waals surface area contributed by atoms with Crippen molar-refractivity contribution in [3.63, 3.8) is 0 Å². The van der Waals surface area contributed by atoms with E-state index in [0.29, 0.717) is 36.7 Å². The maximum Gasteiger partial charge on any atom is 0.320 e. The molecule has 0 saturated heterocycles. The average molecular weight is 640 g/mol. The lowest BCUT2D eigenvalue weighted by Gasteiger charge is -2.32. The van der Waals surface area contributed by atoms with Crippen molar-refractivity contribution in [1.29, 1.82) is 16.2 Å². The molecule has 1 aliphatic carbocycles. The van der Waals surface area contributed by atoms with Crippen molar-refractivity contribution < 1.29 is 9.53 Å². The summed E-state index contributed by atoms with van der Waals surface area (Å²) in [5.41, 5.74) is 4.07. The standard InChI is InChI=1S/C36H49N9O2/c1-24-12-14-25(15-13-24)40-33(22-31(37)36(2,3)4)42-35(46)41-29-17-18-30(28-11-9-8-10-27(28)29)47-26-16-19-32(38)45(23-26)34(39)44(7)21-20-43(5)6/h8-16,19,22-23,29-30,37-40H,17-18,20-21H2,1-7H3,(H2,41,42,46)/b33-22+,37-31?,38-32?,39-34?/t29-,30+/m0/s1. The number of pyridine rings is 1. The molecule has 2 amide bonds. The molecule has 2 aromatic carbocycles. The molecule has 0 saturated carbocycles. The van der Waals surface area contributed by atoms with E-state index < -0.39 is 5.41 Å². The molecule has 0 unspecified atom stereocenters. The molecule has 0 aliphatic heterocycles. The lowest BCUT2D eigenvalue weighted by Crippen LogP contribution is -2.41. The zero-order valence-corrected chi connectivity index (χ0v) is 28.6. The van der Waals surface area contributed by atoms with Gasteiger partial charge < -0.3 is 30.6 Å². The number of benzene rings is 2. The molecule has 2 atom stereocenters. The molecule has 4 rings (SSSR count). The minimum atomic E-state index is -0.391. The van der Waals surface area contributed by atoms with Gasteiger partial charge in [-0.2, -0.15) is 0 Å². The fourth-order valence-corrected chi connectivity index (χ4v) is 5.13. The second-order valence-corrected chi connectivity index (χ2v) is 13.3. The highest BCUT2D eigenvalue weighted by Crippen LogP contribution is 2.38. The van der Waals surface area contributed by atoms with E-state index in [0.717, 1.165) is 28.9 Å². The van der Waals surface area contributed by atoms with Crippen LogP contribution in [0.5, 0.6) is 5.75 Å². The third-order valence-corrected chi connectivity index (χ3v) is 8.09. The number of likely N-dealkylation sites (N-methyl/N-ethyl adjacent to an activating group) is 2. The summed E-state index contributed by atoms with van der Waals surface area (Å²) in [6, 6.07) is 18.6. The summed E-state index contributed by atoms with van der Waals surface area (Å²) in [4.78, 5) is 17.3. The molecule has 0 bridgehead atoms. The average Bonchev–Trinajstić information content (AvgIpc) is 3.02. The van der Waals surface area contributed by atoms with Crippen LogP contribution in [0.4, 0.5) is 10.5 Å². The zero-order valence-electron chi connectivity index (χ0n) is 28.6. The maximum atomic E-state index is 13.4. The van der Waals surface area contributed by atoms with Crippen LogP contribution in [0.25, 0.3) is 0 Å². The van der Waals surface area contributed by atoms with Crippen LogP contribution in [0.15, 0.2) is 78.8 Å². The summed E-state index contributed by atoms with van der Waals surface area (Å²) in [6.07, 6.45) is 4.40. The summed E-state index contributed by atoms with van der Waals surface area (Å²) < 4.78 is 7.99. The smallest absolute Gasteiger partial charge is 0.320 e. The number of amides is 2. The summed E-state index contributed by atoms with van der Waals surface area (Å²) >= 11 is 0. The lowest BCUT2D eigenvalue weighted by molar-refractivity contribution is 0.170. The van der Waals surface area contributed by atoms with Crippen LogP contribution < -0.4 is 26.2 Å². The Morgan fingerprint density at radius 2 is 1.66 bits per heavy atom. The number of hydrogen-bond acceptors (Lipinski definition) is 7. The number of urea groups is 1. The number of nitrogens with one attached hydrogen (secondary N) is 6. The number of hydrogen-bond donors (Lipinski definition) is 6. The van der Waals surface area contributed by atoms with Crippen molar-refractivity contribution in [1.82, 2.24) is 25.0 Å². The molecule has 11 nitrogen and oxygen atoms in total. The zero-order chi connectivity index (χ0) is 34.3. The molecule has 0 spiro atoms. The Balaban J connectivity index is 1.49. The van der Waals surface area contributed by atoms with Crippen LogP contribution in [0.2, 0.25) is 0 Å². The van der Waals surface area contributed by atoms with Crippen molar-refractivity contribution in [3.8, 4) is 5.75 Å². The van der Waals surface area contributed by atoms with E-state index in [1.807, 2.05) is 102 Å². The first-order valence-corrected chi connectivity index (χ1v) is 15.9. The number of carbonyl (C=O) groups excluding carboxylic acids is 1. The van der Waals surface area contributed by atoms with E-state index in [9.17, 15) is 4.79 Å². The Hall–Kier alpha value is -4.90. The van der Waals surface area contributed by atoms with Crippen LogP contribution in [0.3, 0.4) is 0 Å². The Labute approximate surface area is 278 Å². The lowest BCUT2D eigenvalue weighted by atomic mass is 9.85. The van der Waals surface area contributed by atoms with E-state index in [4.69, 9.17) is 21.0 Å². The van der Waals surface area contributed by atoms with E-state index in [1.165, 1.54) is 4.57 Å². The monoisotopic (exact) mass is 639 g/mol. The van der Waals surface area contributed by atoms with Crippen LogP contribution in [0.1, 0.15) is 62.4 Å². The number of rotatable bonds is 10. The number of aromatic nitrogens is 1. The first-order valence-electron chi connectivity index (χ1n) is 15.9. The fourth-order valence-electron chi connectivity index (χ4n) is 5.13. The number of fused-ring (bicyclic) bond motifs is 1. The van der Waals surface area contributed by atoms with Gasteiger partial charge in [-0.05, 0) is 69.3 Å². The summed E-state index contributed by atoms with van der Waals surface area (Å²) in [5.74, 6) is 1.18. The second kappa shape index (κ2) is 15.1. The largest absolute Gasteiger partial charge is 0.484 e. The van der Waals surface area contributed by atoms with Gasteiger partial charge in [0.05, 0.1) is 12.2 Å². The highest BCUT2D eigenvalue weighted by atomic mass is 16.5. The van der Waals surface area contributed by atoms with Gasteiger partial charge in [-0.15, -0.1) is 0 Å². The molecule has 1 aromatic heterocycles. The van der Waals surface area contributed by atoms with Crippen molar-refractivity contribution in [2.45, 2.75) is 52.7 Å². The van der Waals surface area contributed by atoms with Crippen molar-refractivity contribution >= 4 is 23.4 Å². The number of nitrogens with zero attached hydrogens (tertiary/aromatic N) is 3. The first kappa shape index (κ1) is 35.0. The molecule has 1 heterocycles. The minimum Gasteiger partial charge on any atom is -0.484 e. The maximum absolute atomic E-state index is 13.4. The van der Waals surface area contributed by atoms with Gasteiger partial charge >= 0.3 is 6.03 Å². The molecule has 0 fully saturated rings. The highest BCUT2D eigenvalue weighted by Gasteiger charge is 2.30. The predicted octanol–water partition coefficient (Wildman–Crippen LogP) is 5.83. The number of ether oxygens (including phenoxy) is 1. The molecular weight excluding hydrogens is 590 g/mol. The molecule has 3 aromatic rings. The van der Waals surface area contributed by atoms with Crippen LogP contribution in [0, 0.1) is 28.6 Å². The van der Waals surface area contributed by atoms with Gasteiger partial charge in [-0.25, -0.2) is 4.79 Å². The third-order valence-electron chi connectivity index (χ3n) is 8.09. The topological polar surface area (TPSA) is 145 Å². The van der Waals surface area contributed by atoms with Crippen molar-refractivity contribution in [3.05, 3.63) is 101 Å². The third kappa shape index (κ3) is 9.55. The number of allylic oxidation sites excluding steroid dienone is 1. The van der Waals surface area contributed by atoms with Gasteiger partial charge in [0.2, 0.25) is 5.96 Å². The number of anilines is 1. The van der Waals surface area contributed by atoms with Gasteiger partial charge in [0.25, 0.3) is 0 Å². The van der Waals surface area contributed by atoms with Crippen LogP contribution >= 0.6 is 0 Å². The molecule has 11 heteroatoms. The Kier molecular flexibility index (Phi) is 11.3.